The lowest BCUT2D eigenvalue weighted by Crippen LogP contribution is -2.24. The number of aromatic nitrogens is 2. The molecule has 2 aromatic heterocycles. The van der Waals surface area contributed by atoms with Gasteiger partial charge in [-0.1, -0.05) is 12.1 Å². The summed E-state index contributed by atoms with van der Waals surface area (Å²) >= 11 is 0. The van der Waals surface area contributed by atoms with Gasteiger partial charge in [-0.2, -0.15) is 0 Å². The molecule has 98 valence electrons. The third-order valence-electron chi connectivity index (χ3n) is 3.76. The highest BCUT2D eigenvalue weighted by molar-refractivity contribution is 5.28. The van der Waals surface area contributed by atoms with E-state index in [0.29, 0.717) is 13.1 Å². The molecule has 2 N–H and O–H groups in total. The van der Waals surface area contributed by atoms with Gasteiger partial charge >= 0.3 is 0 Å². The van der Waals surface area contributed by atoms with E-state index in [-0.39, 0.29) is 5.56 Å². The van der Waals surface area contributed by atoms with Crippen molar-refractivity contribution in [3.8, 4) is 0 Å². The highest BCUT2D eigenvalue weighted by Gasteiger charge is 2.16. The second-order valence-electron chi connectivity index (χ2n) is 4.90. The number of aryl methyl sites for hydroxylation is 1. The fourth-order valence-electron chi connectivity index (χ4n) is 2.78. The van der Waals surface area contributed by atoms with Gasteiger partial charge in [0.15, 0.2) is 0 Å². The normalized spacial score (nSPS) is 13.5. The lowest BCUT2D eigenvalue weighted by Gasteiger charge is -2.13. The third-order valence-corrected chi connectivity index (χ3v) is 3.76. The molecule has 0 fully saturated rings. The second kappa shape index (κ2) is 4.97. The summed E-state index contributed by atoms with van der Waals surface area (Å²) in [7, 11) is 0. The summed E-state index contributed by atoms with van der Waals surface area (Å²) in [5, 5.41) is 0. The van der Waals surface area contributed by atoms with Gasteiger partial charge in [-0.3, -0.25) is 9.78 Å². The summed E-state index contributed by atoms with van der Waals surface area (Å²) in [6.45, 7) is 0.975. The number of rotatable bonds is 3. The summed E-state index contributed by atoms with van der Waals surface area (Å²) in [5.41, 5.74) is 10.2. The molecule has 1 aliphatic carbocycles. The SMILES string of the molecule is NCc1ncccc1Cn1c2c(ccc1=O)CCC2. The Bertz CT molecular complexity index is 661. The standard InChI is InChI=1S/C15H17N3O/c16-9-13-12(4-2-8-17-13)10-18-14-5-1-3-11(14)6-7-15(18)19/h2,4,6-8H,1,3,5,9-10,16H2. The molecule has 0 radical (unpaired) electrons. The first-order valence-electron chi connectivity index (χ1n) is 6.64. The van der Waals surface area contributed by atoms with Crippen LogP contribution in [0.25, 0.3) is 0 Å². The first-order valence-corrected chi connectivity index (χ1v) is 6.64. The highest BCUT2D eigenvalue weighted by Crippen LogP contribution is 2.20. The highest BCUT2D eigenvalue weighted by atomic mass is 16.1. The van der Waals surface area contributed by atoms with Crippen LogP contribution in [-0.2, 0) is 25.9 Å². The molecular weight excluding hydrogens is 238 g/mol. The van der Waals surface area contributed by atoms with Crippen molar-refractivity contribution in [2.24, 2.45) is 5.73 Å². The number of hydrogen-bond acceptors (Lipinski definition) is 3. The van der Waals surface area contributed by atoms with E-state index in [2.05, 4.69) is 4.98 Å². The lowest BCUT2D eigenvalue weighted by atomic mass is 10.1. The average Bonchev–Trinajstić information content (AvgIpc) is 2.91. The number of pyridine rings is 2. The predicted octanol–water partition coefficient (Wildman–Crippen LogP) is 1.24. The van der Waals surface area contributed by atoms with Crippen LogP contribution in [0.5, 0.6) is 0 Å². The van der Waals surface area contributed by atoms with E-state index < -0.39 is 0 Å². The molecule has 0 saturated carbocycles. The van der Waals surface area contributed by atoms with Crippen LogP contribution in [0.2, 0.25) is 0 Å². The van der Waals surface area contributed by atoms with Gasteiger partial charge in [0, 0.05) is 24.5 Å². The molecular formula is C15H17N3O. The first-order chi connectivity index (χ1) is 9.29. The molecule has 0 aromatic carbocycles. The Morgan fingerprint density at radius 1 is 1.26 bits per heavy atom. The molecule has 4 heteroatoms. The van der Waals surface area contributed by atoms with E-state index in [1.165, 1.54) is 11.3 Å². The molecule has 2 aromatic rings. The van der Waals surface area contributed by atoms with E-state index in [1.54, 1.807) is 12.3 Å². The first kappa shape index (κ1) is 12.1. The number of hydrogen-bond donors (Lipinski definition) is 1. The van der Waals surface area contributed by atoms with E-state index in [0.717, 1.165) is 30.5 Å². The summed E-state index contributed by atoms with van der Waals surface area (Å²) in [6.07, 6.45) is 4.94. The van der Waals surface area contributed by atoms with Gasteiger partial charge in [0.2, 0.25) is 0 Å². The molecule has 0 spiro atoms. The minimum Gasteiger partial charge on any atom is -0.325 e. The van der Waals surface area contributed by atoms with Gasteiger partial charge in [-0.25, -0.2) is 0 Å². The molecule has 4 nitrogen and oxygen atoms in total. The zero-order chi connectivity index (χ0) is 13.2. The number of fused-ring (bicyclic) bond motifs is 1. The van der Waals surface area contributed by atoms with Crippen molar-refractivity contribution in [1.29, 1.82) is 0 Å². The van der Waals surface area contributed by atoms with Gasteiger partial charge in [-0.15, -0.1) is 0 Å². The van der Waals surface area contributed by atoms with Crippen molar-refractivity contribution in [2.45, 2.75) is 32.4 Å². The van der Waals surface area contributed by atoms with Crippen molar-refractivity contribution in [1.82, 2.24) is 9.55 Å². The maximum Gasteiger partial charge on any atom is 0.251 e. The van der Waals surface area contributed by atoms with Crippen LogP contribution >= 0.6 is 0 Å². The number of nitrogens with zero attached hydrogens (tertiary/aromatic N) is 2. The maximum atomic E-state index is 12.1. The molecule has 0 bridgehead atoms. The molecule has 0 atom stereocenters. The second-order valence-corrected chi connectivity index (χ2v) is 4.90. The van der Waals surface area contributed by atoms with Crippen LogP contribution in [0.3, 0.4) is 0 Å². The van der Waals surface area contributed by atoms with E-state index in [1.807, 2.05) is 22.8 Å². The van der Waals surface area contributed by atoms with Crippen molar-refractivity contribution >= 4 is 0 Å². The summed E-state index contributed by atoms with van der Waals surface area (Å²) in [4.78, 5) is 16.4. The van der Waals surface area contributed by atoms with Crippen molar-refractivity contribution in [3.63, 3.8) is 0 Å². The monoisotopic (exact) mass is 255 g/mol. The Kier molecular flexibility index (Phi) is 3.17. The van der Waals surface area contributed by atoms with E-state index in [4.69, 9.17) is 5.73 Å². The van der Waals surface area contributed by atoms with Crippen LogP contribution in [0.4, 0.5) is 0 Å². The van der Waals surface area contributed by atoms with Crippen LogP contribution in [-0.4, -0.2) is 9.55 Å². The maximum absolute atomic E-state index is 12.1. The van der Waals surface area contributed by atoms with Crippen LogP contribution in [0.15, 0.2) is 35.3 Å². The Hall–Kier alpha value is -1.94. The Morgan fingerprint density at radius 3 is 3.00 bits per heavy atom. The van der Waals surface area contributed by atoms with E-state index in [9.17, 15) is 4.79 Å². The van der Waals surface area contributed by atoms with Gasteiger partial charge in [-0.05, 0) is 36.5 Å². The molecule has 0 aliphatic heterocycles. The topological polar surface area (TPSA) is 60.9 Å². The molecule has 2 heterocycles. The summed E-state index contributed by atoms with van der Waals surface area (Å²) in [5.74, 6) is 0. The van der Waals surface area contributed by atoms with Gasteiger partial charge in [0.1, 0.15) is 0 Å². The average molecular weight is 255 g/mol. The largest absolute Gasteiger partial charge is 0.325 e. The number of nitrogens with two attached hydrogens (primary N) is 1. The quantitative estimate of drug-likeness (QED) is 0.897. The van der Waals surface area contributed by atoms with Crippen molar-refractivity contribution < 1.29 is 0 Å². The Labute approximate surface area is 111 Å². The molecule has 0 amide bonds. The van der Waals surface area contributed by atoms with Crippen molar-refractivity contribution in [3.05, 3.63) is 63.3 Å². The van der Waals surface area contributed by atoms with Crippen LogP contribution < -0.4 is 11.3 Å². The van der Waals surface area contributed by atoms with Crippen LogP contribution in [0.1, 0.15) is 28.9 Å². The summed E-state index contributed by atoms with van der Waals surface area (Å²) in [6, 6.07) is 7.52. The zero-order valence-corrected chi connectivity index (χ0v) is 10.8. The fourth-order valence-corrected chi connectivity index (χ4v) is 2.78. The molecule has 0 unspecified atom stereocenters. The minimum absolute atomic E-state index is 0.0625. The third kappa shape index (κ3) is 2.19. The lowest BCUT2D eigenvalue weighted by molar-refractivity contribution is 0.697. The van der Waals surface area contributed by atoms with E-state index >= 15 is 0 Å². The molecule has 19 heavy (non-hydrogen) atoms. The smallest absolute Gasteiger partial charge is 0.251 e. The van der Waals surface area contributed by atoms with Crippen LogP contribution in [0, 0.1) is 0 Å². The molecule has 0 saturated heterocycles. The molecule has 3 rings (SSSR count). The van der Waals surface area contributed by atoms with Gasteiger partial charge in [0.05, 0.1) is 12.2 Å². The predicted molar refractivity (Wildman–Crippen MR) is 74.0 cm³/mol. The Morgan fingerprint density at radius 2 is 2.16 bits per heavy atom. The van der Waals surface area contributed by atoms with Crippen molar-refractivity contribution in [2.75, 3.05) is 0 Å². The minimum atomic E-state index is 0.0625. The van der Waals surface area contributed by atoms with Gasteiger partial charge in [0.25, 0.3) is 5.56 Å². The Balaban J connectivity index is 2.05. The fraction of sp³-hybridized carbons (Fsp3) is 0.333. The summed E-state index contributed by atoms with van der Waals surface area (Å²) < 4.78 is 1.87. The van der Waals surface area contributed by atoms with Gasteiger partial charge < -0.3 is 10.3 Å². The molecule has 1 aliphatic rings. The zero-order valence-electron chi connectivity index (χ0n) is 10.8.